The van der Waals surface area contributed by atoms with E-state index in [1.807, 2.05) is 18.2 Å². The molecule has 1 saturated carbocycles. The Morgan fingerprint density at radius 2 is 2.19 bits per heavy atom. The molecule has 0 amide bonds. The maximum atomic E-state index is 10.1. The Labute approximate surface area is 127 Å². The average Bonchev–Trinajstić information content (AvgIpc) is 3.32. The fraction of sp³-hybridized carbons (Fsp3) is 0.529. The molecule has 1 fully saturated rings. The van der Waals surface area contributed by atoms with Gasteiger partial charge in [0.2, 0.25) is 0 Å². The van der Waals surface area contributed by atoms with E-state index in [2.05, 4.69) is 17.5 Å². The van der Waals surface area contributed by atoms with Gasteiger partial charge in [0.15, 0.2) is 0 Å². The Morgan fingerprint density at radius 3 is 2.86 bits per heavy atom. The molecule has 0 aromatic heterocycles. The molecule has 0 aliphatic heterocycles. The summed E-state index contributed by atoms with van der Waals surface area (Å²) >= 11 is 0. The number of aliphatic hydroxyl groups excluding tert-OH is 1. The van der Waals surface area contributed by atoms with Crippen molar-refractivity contribution in [2.45, 2.75) is 31.5 Å². The van der Waals surface area contributed by atoms with Crippen LogP contribution in [0.3, 0.4) is 0 Å². The topological polar surface area (TPSA) is 41.9 Å². The first-order valence-corrected chi connectivity index (χ1v) is 7.47. The summed E-state index contributed by atoms with van der Waals surface area (Å²) in [5, 5.41) is 10.1. The summed E-state index contributed by atoms with van der Waals surface area (Å²) in [5.41, 5.74) is 1.16. The SMILES string of the molecule is C=CCOC[C@@H](O)CN(Cc1ccccc1OC)C1CC1. The van der Waals surface area contributed by atoms with E-state index in [-0.39, 0.29) is 0 Å². The van der Waals surface area contributed by atoms with Gasteiger partial charge >= 0.3 is 0 Å². The minimum absolute atomic E-state index is 0.348. The van der Waals surface area contributed by atoms with Crippen LogP contribution in [0.4, 0.5) is 0 Å². The molecule has 0 heterocycles. The zero-order chi connectivity index (χ0) is 15.1. The lowest BCUT2D eigenvalue weighted by molar-refractivity contribution is 0.0226. The van der Waals surface area contributed by atoms with Gasteiger partial charge in [0.1, 0.15) is 5.75 Å². The Kier molecular flexibility index (Phi) is 6.23. The lowest BCUT2D eigenvalue weighted by atomic mass is 10.1. The molecule has 1 aliphatic rings. The Morgan fingerprint density at radius 1 is 1.43 bits per heavy atom. The molecule has 0 saturated heterocycles. The number of hydrogen-bond donors (Lipinski definition) is 1. The van der Waals surface area contributed by atoms with Gasteiger partial charge in [0.05, 0.1) is 26.4 Å². The highest BCUT2D eigenvalue weighted by Gasteiger charge is 2.30. The molecule has 1 atom stereocenters. The molecule has 1 aromatic carbocycles. The highest BCUT2D eigenvalue weighted by Crippen LogP contribution is 2.30. The number of methoxy groups -OCH3 is 1. The van der Waals surface area contributed by atoms with Crippen LogP contribution < -0.4 is 4.74 Å². The van der Waals surface area contributed by atoms with Crippen molar-refractivity contribution in [2.24, 2.45) is 0 Å². The Hall–Kier alpha value is -1.36. The van der Waals surface area contributed by atoms with Crippen LogP contribution in [0.25, 0.3) is 0 Å². The first-order valence-electron chi connectivity index (χ1n) is 7.47. The molecule has 116 valence electrons. The summed E-state index contributed by atoms with van der Waals surface area (Å²) in [5.74, 6) is 0.903. The van der Waals surface area contributed by atoms with Gasteiger partial charge < -0.3 is 14.6 Å². The summed E-state index contributed by atoms with van der Waals surface area (Å²) in [7, 11) is 1.69. The Bertz CT molecular complexity index is 445. The van der Waals surface area contributed by atoms with Crippen LogP contribution in [-0.4, -0.2) is 49.0 Å². The first kappa shape index (κ1) is 16.0. The van der Waals surface area contributed by atoms with Gasteiger partial charge in [-0.15, -0.1) is 6.58 Å². The molecule has 0 bridgehead atoms. The van der Waals surface area contributed by atoms with Gasteiger partial charge in [0.25, 0.3) is 0 Å². The van der Waals surface area contributed by atoms with E-state index in [0.717, 1.165) is 17.9 Å². The van der Waals surface area contributed by atoms with Gasteiger partial charge in [-0.3, -0.25) is 4.90 Å². The van der Waals surface area contributed by atoms with Gasteiger partial charge in [-0.1, -0.05) is 24.3 Å². The van der Waals surface area contributed by atoms with Crippen molar-refractivity contribution in [3.63, 3.8) is 0 Å². The molecule has 1 aromatic rings. The van der Waals surface area contributed by atoms with Gasteiger partial charge in [-0.05, 0) is 18.9 Å². The van der Waals surface area contributed by atoms with E-state index in [1.54, 1.807) is 13.2 Å². The van der Waals surface area contributed by atoms with Crippen molar-refractivity contribution in [3.8, 4) is 5.75 Å². The minimum atomic E-state index is -0.472. The lowest BCUT2D eigenvalue weighted by Gasteiger charge is -2.25. The number of ether oxygens (including phenoxy) is 2. The third kappa shape index (κ3) is 5.16. The highest BCUT2D eigenvalue weighted by atomic mass is 16.5. The Balaban J connectivity index is 1.91. The third-order valence-electron chi connectivity index (χ3n) is 3.62. The van der Waals surface area contributed by atoms with Gasteiger partial charge in [-0.2, -0.15) is 0 Å². The van der Waals surface area contributed by atoms with Crippen LogP contribution in [0.2, 0.25) is 0 Å². The molecule has 4 nitrogen and oxygen atoms in total. The average molecular weight is 291 g/mol. The van der Waals surface area contributed by atoms with Crippen LogP contribution >= 0.6 is 0 Å². The van der Waals surface area contributed by atoms with Crippen molar-refractivity contribution in [2.75, 3.05) is 26.9 Å². The van der Waals surface area contributed by atoms with E-state index in [9.17, 15) is 5.11 Å². The van der Waals surface area contributed by atoms with E-state index in [1.165, 1.54) is 12.8 Å². The second kappa shape index (κ2) is 8.17. The zero-order valence-electron chi connectivity index (χ0n) is 12.7. The van der Waals surface area contributed by atoms with Crippen molar-refractivity contribution in [1.82, 2.24) is 4.90 Å². The molecule has 21 heavy (non-hydrogen) atoms. The van der Waals surface area contributed by atoms with Gasteiger partial charge in [0, 0.05) is 24.7 Å². The summed E-state index contributed by atoms with van der Waals surface area (Å²) in [6, 6.07) is 8.62. The van der Waals surface area contributed by atoms with Crippen molar-refractivity contribution in [3.05, 3.63) is 42.5 Å². The van der Waals surface area contributed by atoms with Crippen molar-refractivity contribution >= 4 is 0 Å². The second-order valence-corrected chi connectivity index (χ2v) is 5.45. The predicted molar refractivity (Wildman–Crippen MR) is 83.4 cm³/mol. The molecule has 1 aliphatic carbocycles. The van der Waals surface area contributed by atoms with E-state index < -0.39 is 6.10 Å². The molecular formula is C17H25NO3. The normalized spacial score (nSPS) is 16.0. The standard InChI is InChI=1S/C17H25NO3/c1-3-10-21-13-16(19)12-18(15-8-9-15)11-14-6-4-5-7-17(14)20-2/h3-7,15-16,19H,1,8-13H2,2H3/t16-/m0/s1. The van der Waals surface area contributed by atoms with E-state index >= 15 is 0 Å². The first-order chi connectivity index (χ1) is 10.2. The highest BCUT2D eigenvalue weighted by molar-refractivity contribution is 5.33. The van der Waals surface area contributed by atoms with Crippen LogP contribution in [0.1, 0.15) is 18.4 Å². The summed E-state index contributed by atoms with van der Waals surface area (Å²) in [6.07, 6.45) is 3.63. The van der Waals surface area contributed by atoms with Crippen LogP contribution in [-0.2, 0) is 11.3 Å². The smallest absolute Gasteiger partial charge is 0.123 e. The molecule has 0 unspecified atom stereocenters. The van der Waals surface area contributed by atoms with Crippen molar-refractivity contribution in [1.29, 1.82) is 0 Å². The maximum Gasteiger partial charge on any atom is 0.123 e. The molecule has 1 N–H and O–H groups in total. The third-order valence-corrected chi connectivity index (χ3v) is 3.62. The fourth-order valence-electron chi connectivity index (χ4n) is 2.45. The quantitative estimate of drug-likeness (QED) is 0.530. The maximum absolute atomic E-state index is 10.1. The zero-order valence-corrected chi connectivity index (χ0v) is 12.7. The van der Waals surface area contributed by atoms with Gasteiger partial charge in [-0.25, -0.2) is 0 Å². The molecule has 2 rings (SSSR count). The molecule has 4 heteroatoms. The van der Waals surface area contributed by atoms with Crippen LogP contribution in [0.5, 0.6) is 5.75 Å². The van der Waals surface area contributed by atoms with E-state index in [0.29, 0.717) is 25.8 Å². The number of nitrogens with zero attached hydrogens (tertiary/aromatic N) is 1. The molecule has 0 radical (unpaired) electrons. The number of benzene rings is 1. The predicted octanol–water partition coefficient (Wildman–Crippen LogP) is 2.22. The summed E-state index contributed by atoms with van der Waals surface area (Å²) in [6.45, 7) is 5.85. The summed E-state index contributed by atoms with van der Waals surface area (Å²) < 4.78 is 10.7. The molecule has 0 spiro atoms. The summed E-state index contributed by atoms with van der Waals surface area (Å²) in [4.78, 5) is 2.32. The number of para-hydroxylation sites is 1. The monoisotopic (exact) mass is 291 g/mol. The number of aliphatic hydroxyl groups is 1. The molecular weight excluding hydrogens is 266 g/mol. The fourth-order valence-corrected chi connectivity index (χ4v) is 2.45. The van der Waals surface area contributed by atoms with Crippen LogP contribution in [0, 0.1) is 0 Å². The largest absolute Gasteiger partial charge is 0.496 e. The van der Waals surface area contributed by atoms with Crippen molar-refractivity contribution < 1.29 is 14.6 Å². The number of hydrogen-bond acceptors (Lipinski definition) is 4. The lowest BCUT2D eigenvalue weighted by Crippen LogP contribution is -2.36. The van der Waals surface area contributed by atoms with E-state index in [4.69, 9.17) is 9.47 Å². The van der Waals surface area contributed by atoms with Crippen LogP contribution in [0.15, 0.2) is 36.9 Å². The minimum Gasteiger partial charge on any atom is -0.496 e. The second-order valence-electron chi connectivity index (χ2n) is 5.45. The number of rotatable bonds is 10.